The fourth-order valence-corrected chi connectivity index (χ4v) is 3.77. The maximum absolute atomic E-state index is 3.71. The number of benzene rings is 3. The third-order valence-corrected chi connectivity index (χ3v) is 5.69. The van der Waals surface area contributed by atoms with Gasteiger partial charge in [0.05, 0.1) is 4.16 Å². The fourth-order valence-electron chi connectivity index (χ4n) is 2.26. The summed E-state index contributed by atoms with van der Waals surface area (Å²) < 4.78 is 0.476. The second-order valence-electron chi connectivity index (χ2n) is 4.61. The molecule has 0 spiro atoms. The molecule has 19 heavy (non-hydrogen) atoms. The molecule has 0 aliphatic carbocycles. The Morgan fingerprint density at radius 1 is 0.947 bits per heavy atom. The highest BCUT2D eigenvalue weighted by atomic mass is 79.9. The highest BCUT2D eigenvalue weighted by molar-refractivity contribution is 9.11. The Kier molecular flexibility index (Phi) is 3.81. The Morgan fingerprint density at radius 2 is 1.63 bits per heavy atom. The zero-order valence-electron chi connectivity index (χ0n) is 10.8. The molecule has 0 nitrogen and oxygen atoms in total. The first-order valence-corrected chi connectivity index (χ1v) is 8.29. The van der Waals surface area contributed by atoms with Crippen molar-refractivity contribution in [1.29, 1.82) is 0 Å². The van der Waals surface area contributed by atoms with Crippen molar-refractivity contribution in [1.82, 2.24) is 0 Å². The van der Waals surface area contributed by atoms with Gasteiger partial charge in [0.1, 0.15) is 0 Å². The first-order valence-electron chi connectivity index (χ1n) is 6.50. The topological polar surface area (TPSA) is 0 Å². The largest absolute Gasteiger partial charge is 0.110 e. The average molecular weight is 331 g/mol. The van der Waals surface area contributed by atoms with Crippen LogP contribution in [0.3, 0.4) is 0 Å². The van der Waals surface area contributed by atoms with Gasteiger partial charge in [0.2, 0.25) is 0 Å². The molecule has 3 rings (SSSR count). The van der Waals surface area contributed by atoms with E-state index in [4.69, 9.17) is 0 Å². The molecule has 0 radical (unpaired) electrons. The summed E-state index contributed by atoms with van der Waals surface area (Å²) in [6.45, 7) is 2.20. The Labute approximate surface area is 126 Å². The lowest BCUT2D eigenvalue weighted by molar-refractivity contribution is 1.07. The molecule has 0 aliphatic rings. The molecule has 0 aliphatic heterocycles. The summed E-state index contributed by atoms with van der Waals surface area (Å²) in [6.07, 6.45) is 1.12. The third-order valence-electron chi connectivity index (χ3n) is 3.28. The number of hydrogen-bond acceptors (Lipinski definition) is 1. The lowest BCUT2D eigenvalue weighted by atomic mass is 10.0. The van der Waals surface area contributed by atoms with Crippen LogP contribution in [-0.4, -0.2) is 4.16 Å². The summed E-state index contributed by atoms with van der Waals surface area (Å²) in [6, 6.07) is 19.7. The predicted molar refractivity (Wildman–Crippen MR) is 90.3 cm³/mol. The van der Waals surface area contributed by atoms with Crippen molar-refractivity contribution in [2.45, 2.75) is 22.4 Å². The quantitative estimate of drug-likeness (QED) is 0.312. The first kappa shape index (κ1) is 13.0. The SMILES string of the molecule is CCC(Br)Sc1cccc2cc3ccccc3cc12. The van der Waals surface area contributed by atoms with Crippen molar-refractivity contribution >= 4 is 49.2 Å². The summed E-state index contributed by atoms with van der Waals surface area (Å²) >= 11 is 5.61. The van der Waals surface area contributed by atoms with Crippen LogP contribution in [-0.2, 0) is 0 Å². The molecule has 96 valence electrons. The molecule has 0 saturated carbocycles. The van der Waals surface area contributed by atoms with Crippen LogP contribution in [0, 0.1) is 0 Å². The van der Waals surface area contributed by atoms with Gasteiger partial charge in [-0.2, -0.15) is 0 Å². The minimum absolute atomic E-state index is 0.476. The minimum atomic E-state index is 0.476. The molecule has 0 amide bonds. The number of thioether (sulfide) groups is 1. The summed E-state index contributed by atoms with van der Waals surface area (Å²) in [4.78, 5) is 1.35. The smallest absolute Gasteiger partial charge is 0.0645 e. The number of alkyl halides is 1. The standard InChI is InChI=1S/C17H15BrS/c1-2-17(18)19-16-9-5-8-14-10-12-6-3-4-7-13(12)11-15(14)16/h3-11,17H,2H2,1H3. The van der Waals surface area contributed by atoms with Gasteiger partial charge >= 0.3 is 0 Å². The van der Waals surface area contributed by atoms with Crippen molar-refractivity contribution in [3.05, 3.63) is 54.6 Å². The number of fused-ring (bicyclic) bond motifs is 2. The lowest BCUT2D eigenvalue weighted by Crippen LogP contribution is -1.88. The maximum atomic E-state index is 3.71. The molecule has 3 aromatic carbocycles. The zero-order valence-corrected chi connectivity index (χ0v) is 13.2. The van der Waals surface area contributed by atoms with E-state index in [-0.39, 0.29) is 0 Å². The molecular formula is C17H15BrS. The lowest BCUT2D eigenvalue weighted by Gasteiger charge is -2.10. The van der Waals surface area contributed by atoms with E-state index in [2.05, 4.69) is 77.5 Å². The first-order chi connectivity index (χ1) is 9.28. The zero-order chi connectivity index (χ0) is 13.2. The van der Waals surface area contributed by atoms with E-state index >= 15 is 0 Å². The van der Waals surface area contributed by atoms with E-state index < -0.39 is 0 Å². The average Bonchev–Trinajstić information content (AvgIpc) is 2.45. The van der Waals surface area contributed by atoms with Gasteiger partial charge in [0.25, 0.3) is 0 Å². The fraction of sp³-hybridized carbons (Fsp3) is 0.176. The Hall–Kier alpha value is -0.990. The molecule has 0 heterocycles. The van der Waals surface area contributed by atoms with E-state index in [0.717, 1.165) is 6.42 Å². The molecule has 2 heteroatoms. The van der Waals surface area contributed by atoms with Gasteiger partial charge in [-0.25, -0.2) is 0 Å². The Morgan fingerprint density at radius 3 is 2.37 bits per heavy atom. The molecule has 0 aromatic heterocycles. The van der Waals surface area contributed by atoms with Crippen molar-refractivity contribution in [2.24, 2.45) is 0 Å². The summed E-state index contributed by atoms with van der Waals surface area (Å²) in [5.41, 5.74) is 0. The Bertz CT molecular complexity index is 721. The maximum Gasteiger partial charge on any atom is 0.0645 e. The molecule has 0 N–H and O–H groups in total. The van der Waals surface area contributed by atoms with Gasteiger partial charge in [-0.1, -0.05) is 59.3 Å². The second kappa shape index (κ2) is 5.56. The van der Waals surface area contributed by atoms with Gasteiger partial charge in [-0.05, 0) is 46.2 Å². The third kappa shape index (κ3) is 2.65. The van der Waals surface area contributed by atoms with Crippen molar-refractivity contribution < 1.29 is 0 Å². The number of rotatable bonds is 3. The van der Waals surface area contributed by atoms with E-state index in [0.29, 0.717) is 4.16 Å². The molecule has 1 atom stereocenters. The molecule has 3 aromatic rings. The Balaban J connectivity index is 2.20. The van der Waals surface area contributed by atoms with Crippen molar-refractivity contribution in [3.63, 3.8) is 0 Å². The van der Waals surface area contributed by atoms with Crippen LogP contribution < -0.4 is 0 Å². The van der Waals surface area contributed by atoms with Crippen LogP contribution in [0.15, 0.2) is 59.5 Å². The van der Waals surface area contributed by atoms with Crippen LogP contribution in [0.2, 0.25) is 0 Å². The van der Waals surface area contributed by atoms with Gasteiger partial charge in [-0.3, -0.25) is 0 Å². The molecular weight excluding hydrogens is 316 g/mol. The summed E-state index contributed by atoms with van der Waals surface area (Å²) in [7, 11) is 0. The van der Waals surface area contributed by atoms with E-state index in [9.17, 15) is 0 Å². The number of hydrogen-bond donors (Lipinski definition) is 0. The number of halogens is 1. The van der Waals surface area contributed by atoms with Crippen molar-refractivity contribution in [2.75, 3.05) is 0 Å². The van der Waals surface area contributed by atoms with Gasteiger partial charge < -0.3 is 0 Å². The van der Waals surface area contributed by atoms with Crippen LogP contribution in [0.5, 0.6) is 0 Å². The predicted octanol–water partition coefficient (Wildman–Crippen LogP) is 6.22. The van der Waals surface area contributed by atoms with E-state index in [1.807, 2.05) is 11.8 Å². The highest BCUT2D eigenvalue weighted by Gasteiger charge is 2.07. The summed E-state index contributed by atoms with van der Waals surface area (Å²) in [5, 5.41) is 5.29. The second-order valence-corrected chi connectivity index (χ2v) is 7.57. The minimum Gasteiger partial charge on any atom is -0.110 e. The van der Waals surface area contributed by atoms with Crippen LogP contribution in [0.1, 0.15) is 13.3 Å². The normalized spacial score (nSPS) is 12.9. The van der Waals surface area contributed by atoms with Gasteiger partial charge in [0, 0.05) is 4.90 Å². The van der Waals surface area contributed by atoms with E-state index in [1.165, 1.54) is 26.4 Å². The van der Waals surface area contributed by atoms with Crippen LogP contribution in [0.25, 0.3) is 21.5 Å². The van der Waals surface area contributed by atoms with Crippen LogP contribution in [0.4, 0.5) is 0 Å². The van der Waals surface area contributed by atoms with Crippen molar-refractivity contribution in [3.8, 4) is 0 Å². The van der Waals surface area contributed by atoms with Gasteiger partial charge in [0.15, 0.2) is 0 Å². The highest BCUT2D eigenvalue weighted by Crippen LogP contribution is 2.36. The molecule has 0 fully saturated rings. The molecule has 0 bridgehead atoms. The van der Waals surface area contributed by atoms with E-state index in [1.54, 1.807) is 0 Å². The molecule has 0 saturated heterocycles. The van der Waals surface area contributed by atoms with Crippen LogP contribution >= 0.6 is 27.7 Å². The monoisotopic (exact) mass is 330 g/mol. The molecule has 1 unspecified atom stereocenters. The summed E-state index contributed by atoms with van der Waals surface area (Å²) in [5.74, 6) is 0. The van der Waals surface area contributed by atoms with Gasteiger partial charge in [-0.15, -0.1) is 11.8 Å².